The number of nitrogens with two attached hydrogens (primary N) is 1. The van der Waals surface area contributed by atoms with Gasteiger partial charge in [0, 0.05) is 18.5 Å². The zero-order valence-electron chi connectivity index (χ0n) is 10.2. The number of carbonyl (C=O) groups excluding carboxylic acids is 1. The van der Waals surface area contributed by atoms with E-state index in [2.05, 4.69) is 10.1 Å². The van der Waals surface area contributed by atoms with Crippen LogP contribution >= 0.6 is 0 Å². The summed E-state index contributed by atoms with van der Waals surface area (Å²) >= 11 is 0. The van der Waals surface area contributed by atoms with Gasteiger partial charge in [0.05, 0.1) is 6.42 Å². The predicted octanol–water partition coefficient (Wildman–Crippen LogP) is 0.927. The van der Waals surface area contributed by atoms with Crippen LogP contribution in [0.4, 0.5) is 0 Å². The Morgan fingerprint density at radius 3 is 2.81 bits per heavy atom. The zero-order valence-corrected chi connectivity index (χ0v) is 10.2. The number of carbonyl (C=O) groups is 1. The van der Waals surface area contributed by atoms with Crippen molar-refractivity contribution in [1.29, 1.82) is 0 Å². The van der Waals surface area contributed by atoms with Crippen LogP contribution in [0.2, 0.25) is 0 Å². The van der Waals surface area contributed by atoms with Gasteiger partial charge in [-0.05, 0) is 27.2 Å². The molecule has 0 unspecified atom stereocenters. The molecule has 1 rings (SSSR count). The summed E-state index contributed by atoms with van der Waals surface area (Å²) in [6, 6.07) is 0. The van der Waals surface area contributed by atoms with Gasteiger partial charge in [0.1, 0.15) is 17.9 Å². The zero-order chi connectivity index (χ0) is 12.2. The molecule has 1 heterocycles. The van der Waals surface area contributed by atoms with Gasteiger partial charge in [-0.15, -0.1) is 0 Å². The molecule has 0 atom stereocenters. The van der Waals surface area contributed by atoms with E-state index in [0.717, 1.165) is 12.4 Å². The fraction of sp³-hybridized carbons (Fsp3) is 0.727. The summed E-state index contributed by atoms with van der Waals surface area (Å²) in [7, 11) is 0. The molecule has 90 valence electrons. The standard InChI is InChI=1S/C11H20N4O/c1-4-15-10(13-8-14-15)7-9(16)5-6-11(2,3)12/h8H,4-7,12H2,1-3H3. The van der Waals surface area contributed by atoms with Crippen LogP contribution in [0.1, 0.15) is 39.4 Å². The molecule has 0 spiro atoms. The van der Waals surface area contributed by atoms with Gasteiger partial charge in [-0.2, -0.15) is 5.10 Å². The summed E-state index contributed by atoms with van der Waals surface area (Å²) in [5, 5.41) is 4.03. The second-order valence-electron chi connectivity index (χ2n) is 4.70. The molecule has 1 aromatic rings. The van der Waals surface area contributed by atoms with E-state index in [4.69, 9.17) is 5.73 Å². The molecule has 1 aromatic heterocycles. The molecule has 16 heavy (non-hydrogen) atoms. The summed E-state index contributed by atoms with van der Waals surface area (Å²) in [6.07, 6.45) is 3.04. The van der Waals surface area contributed by atoms with Crippen molar-refractivity contribution < 1.29 is 4.79 Å². The van der Waals surface area contributed by atoms with E-state index in [-0.39, 0.29) is 11.3 Å². The first-order valence-corrected chi connectivity index (χ1v) is 5.59. The van der Waals surface area contributed by atoms with E-state index < -0.39 is 0 Å². The molecule has 0 aliphatic carbocycles. The number of hydrogen-bond acceptors (Lipinski definition) is 4. The van der Waals surface area contributed by atoms with Gasteiger partial charge in [0.25, 0.3) is 0 Å². The van der Waals surface area contributed by atoms with E-state index >= 15 is 0 Å². The van der Waals surface area contributed by atoms with Gasteiger partial charge < -0.3 is 5.73 Å². The highest BCUT2D eigenvalue weighted by atomic mass is 16.1. The highest BCUT2D eigenvalue weighted by Gasteiger charge is 2.15. The molecule has 0 radical (unpaired) electrons. The predicted molar refractivity (Wildman–Crippen MR) is 61.9 cm³/mol. The molecular formula is C11H20N4O. The number of rotatable bonds is 6. The lowest BCUT2D eigenvalue weighted by molar-refractivity contribution is -0.118. The number of hydrogen-bond donors (Lipinski definition) is 1. The van der Waals surface area contributed by atoms with Gasteiger partial charge in [0.2, 0.25) is 0 Å². The molecule has 0 fully saturated rings. The van der Waals surface area contributed by atoms with E-state index in [0.29, 0.717) is 19.3 Å². The van der Waals surface area contributed by atoms with Crippen molar-refractivity contribution in [3.05, 3.63) is 12.2 Å². The van der Waals surface area contributed by atoms with Gasteiger partial charge in [-0.3, -0.25) is 4.79 Å². The van der Waals surface area contributed by atoms with Gasteiger partial charge in [0.15, 0.2) is 0 Å². The second kappa shape index (κ2) is 5.21. The normalized spacial score (nSPS) is 11.8. The second-order valence-corrected chi connectivity index (χ2v) is 4.70. The molecule has 2 N–H and O–H groups in total. The Bertz CT molecular complexity index is 351. The molecule has 0 aliphatic heterocycles. The van der Waals surface area contributed by atoms with Crippen molar-refractivity contribution in [1.82, 2.24) is 14.8 Å². The van der Waals surface area contributed by atoms with Gasteiger partial charge in [-0.25, -0.2) is 9.67 Å². The molecule has 5 nitrogen and oxygen atoms in total. The number of nitrogens with zero attached hydrogens (tertiary/aromatic N) is 3. The van der Waals surface area contributed by atoms with Crippen molar-refractivity contribution in [2.75, 3.05) is 0 Å². The average molecular weight is 224 g/mol. The molecule has 0 bridgehead atoms. The van der Waals surface area contributed by atoms with Crippen molar-refractivity contribution in [3.63, 3.8) is 0 Å². The molecular weight excluding hydrogens is 204 g/mol. The van der Waals surface area contributed by atoms with Crippen molar-refractivity contribution >= 4 is 5.78 Å². The lowest BCUT2D eigenvalue weighted by Crippen LogP contribution is -2.32. The Kier molecular flexibility index (Phi) is 4.18. The van der Waals surface area contributed by atoms with Crippen molar-refractivity contribution in [2.45, 2.75) is 52.1 Å². The topological polar surface area (TPSA) is 73.8 Å². The maximum Gasteiger partial charge on any atom is 0.140 e. The minimum absolute atomic E-state index is 0.168. The van der Waals surface area contributed by atoms with Gasteiger partial charge >= 0.3 is 0 Å². The summed E-state index contributed by atoms with van der Waals surface area (Å²) < 4.78 is 1.74. The Morgan fingerprint density at radius 2 is 2.25 bits per heavy atom. The molecule has 5 heteroatoms. The van der Waals surface area contributed by atoms with Crippen LogP contribution in [-0.4, -0.2) is 26.1 Å². The minimum atomic E-state index is -0.284. The fourth-order valence-electron chi connectivity index (χ4n) is 1.42. The molecule has 0 amide bonds. The van der Waals surface area contributed by atoms with Crippen LogP contribution in [0.25, 0.3) is 0 Å². The Morgan fingerprint density at radius 1 is 1.56 bits per heavy atom. The first kappa shape index (κ1) is 12.8. The average Bonchev–Trinajstić information content (AvgIpc) is 2.61. The Balaban J connectivity index is 2.46. The Hall–Kier alpha value is -1.23. The largest absolute Gasteiger partial charge is 0.326 e. The molecule has 0 saturated heterocycles. The fourth-order valence-corrected chi connectivity index (χ4v) is 1.42. The third-order valence-electron chi connectivity index (χ3n) is 2.40. The smallest absolute Gasteiger partial charge is 0.140 e. The highest BCUT2D eigenvalue weighted by molar-refractivity contribution is 5.80. The first-order chi connectivity index (χ1) is 7.42. The highest BCUT2D eigenvalue weighted by Crippen LogP contribution is 2.09. The first-order valence-electron chi connectivity index (χ1n) is 5.59. The summed E-state index contributed by atoms with van der Waals surface area (Å²) in [5.74, 6) is 0.906. The van der Waals surface area contributed by atoms with Crippen LogP contribution in [-0.2, 0) is 17.8 Å². The lowest BCUT2D eigenvalue weighted by Gasteiger charge is -2.17. The van der Waals surface area contributed by atoms with E-state index in [1.807, 2.05) is 20.8 Å². The maximum atomic E-state index is 11.7. The molecule has 0 aromatic carbocycles. The van der Waals surface area contributed by atoms with Gasteiger partial charge in [-0.1, -0.05) is 0 Å². The number of aromatic nitrogens is 3. The van der Waals surface area contributed by atoms with Crippen LogP contribution in [0.15, 0.2) is 6.33 Å². The van der Waals surface area contributed by atoms with Crippen molar-refractivity contribution in [2.24, 2.45) is 5.73 Å². The quantitative estimate of drug-likeness (QED) is 0.780. The van der Waals surface area contributed by atoms with Crippen LogP contribution < -0.4 is 5.73 Å². The Labute approximate surface area is 96.0 Å². The number of Topliss-reactive ketones (excluding diaryl/α,β-unsaturated/α-hetero) is 1. The SMILES string of the molecule is CCn1ncnc1CC(=O)CCC(C)(C)N. The third kappa shape index (κ3) is 4.10. The number of ketones is 1. The van der Waals surface area contributed by atoms with Crippen LogP contribution in [0, 0.1) is 0 Å². The van der Waals surface area contributed by atoms with E-state index in [9.17, 15) is 4.79 Å². The summed E-state index contributed by atoms with van der Waals surface area (Å²) in [5.41, 5.74) is 5.54. The minimum Gasteiger partial charge on any atom is -0.326 e. The van der Waals surface area contributed by atoms with Crippen LogP contribution in [0.3, 0.4) is 0 Å². The number of aryl methyl sites for hydroxylation is 1. The van der Waals surface area contributed by atoms with Crippen LogP contribution in [0.5, 0.6) is 0 Å². The summed E-state index contributed by atoms with van der Waals surface area (Å²) in [6.45, 7) is 6.57. The van der Waals surface area contributed by atoms with E-state index in [1.54, 1.807) is 4.68 Å². The molecule has 0 saturated carbocycles. The lowest BCUT2D eigenvalue weighted by atomic mass is 9.97. The maximum absolute atomic E-state index is 11.7. The third-order valence-corrected chi connectivity index (χ3v) is 2.40. The summed E-state index contributed by atoms with van der Waals surface area (Å²) in [4.78, 5) is 15.8. The van der Waals surface area contributed by atoms with E-state index in [1.165, 1.54) is 6.33 Å². The van der Waals surface area contributed by atoms with Crippen molar-refractivity contribution in [3.8, 4) is 0 Å². The molecule has 0 aliphatic rings. The monoisotopic (exact) mass is 224 g/mol.